The van der Waals surface area contributed by atoms with Gasteiger partial charge in [0.1, 0.15) is 34.7 Å². The molecule has 0 bridgehead atoms. The van der Waals surface area contributed by atoms with Crippen molar-refractivity contribution in [1.82, 2.24) is 9.80 Å². The summed E-state index contributed by atoms with van der Waals surface area (Å²) in [6, 6.07) is 10.5. The Morgan fingerprint density at radius 3 is 2.47 bits per heavy atom. The van der Waals surface area contributed by atoms with Gasteiger partial charge in [0, 0.05) is 31.7 Å². The van der Waals surface area contributed by atoms with Crippen molar-refractivity contribution < 1.29 is 36.2 Å². The first-order chi connectivity index (χ1) is 18.0. The summed E-state index contributed by atoms with van der Waals surface area (Å²) >= 11 is 0. The molecule has 0 N–H and O–H groups in total. The molecule has 2 aliphatic rings. The topological polar surface area (TPSA) is 54.4 Å². The van der Waals surface area contributed by atoms with Gasteiger partial charge in [-0.3, -0.25) is 4.79 Å². The Bertz CT molecular complexity index is 1440. The number of methoxy groups -OCH3 is 1. The number of fused-ring (bicyclic) bond motifs is 2. The maximum Gasteiger partial charge on any atom is 0.416 e. The van der Waals surface area contributed by atoms with Crippen molar-refractivity contribution in [3.05, 3.63) is 82.9 Å². The third kappa shape index (κ3) is 4.75. The van der Waals surface area contributed by atoms with Gasteiger partial charge in [-0.05, 0) is 55.5 Å². The van der Waals surface area contributed by atoms with E-state index in [9.17, 15) is 26.7 Å². The van der Waals surface area contributed by atoms with E-state index >= 15 is 0 Å². The van der Waals surface area contributed by atoms with Gasteiger partial charge in [0.25, 0.3) is 5.91 Å². The molecule has 6 nitrogen and oxygen atoms in total. The van der Waals surface area contributed by atoms with Gasteiger partial charge in [-0.15, -0.1) is 0 Å². The highest BCUT2D eigenvalue weighted by atomic mass is 19.4. The molecular weight excluding hydrogens is 509 g/mol. The van der Waals surface area contributed by atoms with Gasteiger partial charge in [-0.2, -0.15) is 13.2 Å². The van der Waals surface area contributed by atoms with Crippen molar-refractivity contribution >= 4 is 17.4 Å². The lowest BCUT2D eigenvalue weighted by atomic mass is 10.1. The maximum absolute atomic E-state index is 14.3. The minimum Gasteiger partial charge on any atom is -0.497 e. The van der Waals surface area contributed by atoms with Gasteiger partial charge in [-0.25, -0.2) is 13.8 Å². The number of benzene rings is 3. The lowest BCUT2D eigenvalue weighted by Gasteiger charge is -2.41. The molecule has 3 aromatic carbocycles. The van der Waals surface area contributed by atoms with Crippen LogP contribution in [-0.4, -0.2) is 54.3 Å². The van der Waals surface area contributed by atoms with E-state index in [-0.39, 0.29) is 36.6 Å². The number of piperazine rings is 1. The van der Waals surface area contributed by atoms with Gasteiger partial charge in [0.2, 0.25) is 0 Å². The zero-order chi connectivity index (χ0) is 27.2. The molecule has 0 radical (unpaired) electrons. The standard InChI is InChI=1S/C27H22F5N3O3/c1-15-14-34(9-10-35(15)26(36)19-6-4-17(28)12-21(19)29)25-20-13-18(37-2)5-8-23(20)38-24-7-3-16(27(30,31)32)11-22(24)33-25/h3-8,11-13,15H,9-10,14H2,1-2H3. The number of ether oxygens (including phenoxy) is 2. The van der Waals surface area contributed by atoms with Crippen molar-refractivity contribution in [1.29, 1.82) is 0 Å². The first-order valence-corrected chi connectivity index (χ1v) is 11.7. The van der Waals surface area contributed by atoms with Crippen molar-refractivity contribution in [3.63, 3.8) is 0 Å². The van der Waals surface area contributed by atoms with E-state index in [1.54, 1.807) is 25.1 Å². The van der Waals surface area contributed by atoms with Gasteiger partial charge < -0.3 is 19.3 Å². The Balaban J connectivity index is 1.51. The molecule has 198 valence electrons. The molecule has 1 fully saturated rings. The van der Waals surface area contributed by atoms with Crippen LogP contribution in [-0.2, 0) is 6.18 Å². The largest absolute Gasteiger partial charge is 0.497 e. The fourth-order valence-corrected chi connectivity index (χ4v) is 4.57. The molecule has 1 saturated heterocycles. The summed E-state index contributed by atoms with van der Waals surface area (Å²) in [5.74, 6) is -0.931. The fourth-order valence-electron chi connectivity index (χ4n) is 4.57. The van der Waals surface area contributed by atoms with Crippen molar-refractivity contribution in [2.45, 2.75) is 19.1 Å². The van der Waals surface area contributed by atoms with Crippen molar-refractivity contribution in [2.24, 2.45) is 4.99 Å². The predicted molar refractivity (Wildman–Crippen MR) is 129 cm³/mol. The average molecular weight is 531 g/mol. The molecule has 0 saturated carbocycles. The zero-order valence-corrected chi connectivity index (χ0v) is 20.4. The second kappa shape index (κ2) is 9.62. The normalized spacial score (nSPS) is 17.1. The molecule has 2 aliphatic heterocycles. The fraction of sp³-hybridized carbons (Fsp3) is 0.259. The Morgan fingerprint density at radius 1 is 1.03 bits per heavy atom. The SMILES string of the molecule is COc1ccc2c(c1)C(N1CCN(C(=O)c3ccc(F)cc3F)C(C)C1)=Nc1cc(C(F)(F)F)ccc1O2. The summed E-state index contributed by atoms with van der Waals surface area (Å²) < 4.78 is 79.2. The highest BCUT2D eigenvalue weighted by Gasteiger charge is 2.35. The van der Waals surface area contributed by atoms with Gasteiger partial charge in [-0.1, -0.05) is 0 Å². The third-order valence-electron chi connectivity index (χ3n) is 6.51. The molecule has 0 aliphatic carbocycles. The molecule has 3 aromatic rings. The van der Waals surface area contributed by atoms with E-state index in [1.807, 2.05) is 4.90 Å². The van der Waals surface area contributed by atoms with E-state index in [2.05, 4.69) is 4.99 Å². The smallest absolute Gasteiger partial charge is 0.416 e. The summed E-state index contributed by atoms with van der Waals surface area (Å²) in [6.45, 7) is 2.44. The van der Waals surface area contributed by atoms with Gasteiger partial charge in [0.05, 0.1) is 23.8 Å². The van der Waals surface area contributed by atoms with Crippen LogP contribution in [0, 0.1) is 11.6 Å². The molecule has 1 unspecified atom stereocenters. The van der Waals surface area contributed by atoms with E-state index < -0.39 is 35.3 Å². The molecule has 0 aromatic heterocycles. The van der Waals surface area contributed by atoms with Crippen molar-refractivity contribution in [2.75, 3.05) is 26.7 Å². The van der Waals surface area contributed by atoms with Crippen LogP contribution in [0.4, 0.5) is 27.6 Å². The van der Waals surface area contributed by atoms with E-state index in [1.165, 1.54) is 18.1 Å². The minimum atomic E-state index is -4.57. The van der Waals surface area contributed by atoms with Crippen LogP contribution in [0.2, 0.25) is 0 Å². The number of carbonyl (C=O) groups is 1. The third-order valence-corrected chi connectivity index (χ3v) is 6.51. The number of halogens is 5. The first kappa shape index (κ1) is 25.5. The van der Waals surface area contributed by atoms with Crippen LogP contribution in [0.1, 0.15) is 28.4 Å². The zero-order valence-electron chi connectivity index (χ0n) is 20.4. The number of aliphatic imine (C=N–C) groups is 1. The number of hydrogen-bond donors (Lipinski definition) is 0. The minimum absolute atomic E-state index is 0.00420. The molecule has 1 amide bonds. The second-order valence-corrected chi connectivity index (χ2v) is 9.00. The Morgan fingerprint density at radius 2 is 1.79 bits per heavy atom. The number of amides is 1. The van der Waals surface area contributed by atoms with E-state index in [0.29, 0.717) is 29.0 Å². The maximum atomic E-state index is 14.3. The van der Waals surface area contributed by atoms with Crippen LogP contribution in [0.5, 0.6) is 17.2 Å². The first-order valence-electron chi connectivity index (χ1n) is 11.7. The Labute approximate surface area is 214 Å². The molecule has 0 spiro atoms. The lowest BCUT2D eigenvalue weighted by Crippen LogP contribution is -2.55. The number of alkyl halides is 3. The molecule has 38 heavy (non-hydrogen) atoms. The number of amidine groups is 1. The number of carbonyl (C=O) groups excluding carboxylic acids is 1. The highest BCUT2D eigenvalue weighted by molar-refractivity contribution is 6.04. The van der Waals surface area contributed by atoms with Crippen molar-refractivity contribution in [3.8, 4) is 17.2 Å². The summed E-state index contributed by atoms with van der Waals surface area (Å²) in [7, 11) is 1.49. The highest BCUT2D eigenvalue weighted by Crippen LogP contribution is 2.42. The summed E-state index contributed by atoms with van der Waals surface area (Å²) in [6.07, 6.45) is -4.57. The van der Waals surface area contributed by atoms with Crippen LogP contribution in [0.3, 0.4) is 0 Å². The quantitative estimate of drug-likeness (QED) is 0.380. The van der Waals surface area contributed by atoms with Crippen LogP contribution < -0.4 is 9.47 Å². The summed E-state index contributed by atoms with van der Waals surface area (Å²) in [5, 5.41) is 0. The van der Waals surface area contributed by atoms with Crippen LogP contribution >= 0.6 is 0 Å². The Hall–Kier alpha value is -4.15. The van der Waals surface area contributed by atoms with Gasteiger partial charge in [0.15, 0.2) is 5.75 Å². The predicted octanol–water partition coefficient (Wildman–Crippen LogP) is 6.02. The van der Waals surface area contributed by atoms with Gasteiger partial charge >= 0.3 is 6.18 Å². The molecule has 2 heterocycles. The summed E-state index contributed by atoms with van der Waals surface area (Å²) in [4.78, 5) is 20.9. The molecule has 5 rings (SSSR count). The Kier molecular flexibility index (Phi) is 6.46. The molecular formula is C27H22F5N3O3. The number of rotatable bonds is 2. The molecule has 1 atom stereocenters. The van der Waals surface area contributed by atoms with Crippen LogP contribution in [0.15, 0.2) is 59.6 Å². The number of hydrogen-bond acceptors (Lipinski definition) is 5. The van der Waals surface area contributed by atoms with Crippen LogP contribution in [0.25, 0.3) is 0 Å². The van der Waals surface area contributed by atoms with E-state index in [4.69, 9.17) is 9.47 Å². The average Bonchev–Trinajstić information content (AvgIpc) is 3.03. The summed E-state index contributed by atoms with van der Waals surface area (Å²) in [5.41, 5.74) is -0.595. The lowest BCUT2D eigenvalue weighted by molar-refractivity contribution is -0.137. The van der Waals surface area contributed by atoms with E-state index in [0.717, 1.165) is 24.3 Å². The monoisotopic (exact) mass is 531 g/mol. The molecule has 11 heteroatoms. The second-order valence-electron chi connectivity index (χ2n) is 9.00. The number of nitrogens with zero attached hydrogens (tertiary/aromatic N) is 3.